The number of aryl methyl sites for hydroxylation is 1. The van der Waals surface area contributed by atoms with Gasteiger partial charge in [-0.1, -0.05) is 24.6 Å². The summed E-state index contributed by atoms with van der Waals surface area (Å²) in [6.07, 6.45) is 1.99. The molecule has 0 saturated carbocycles. The van der Waals surface area contributed by atoms with Gasteiger partial charge in [0.1, 0.15) is 18.0 Å². The predicted molar refractivity (Wildman–Crippen MR) is 120 cm³/mol. The fourth-order valence-corrected chi connectivity index (χ4v) is 5.19. The highest BCUT2D eigenvalue weighted by Crippen LogP contribution is 2.35. The molecule has 31 heavy (non-hydrogen) atoms. The van der Waals surface area contributed by atoms with Gasteiger partial charge in [0.25, 0.3) is 10.0 Å². The lowest BCUT2D eigenvalue weighted by Gasteiger charge is -2.33. The number of carbonyl (C=O) groups excluding carboxylic acids is 1. The summed E-state index contributed by atoms with van der Waals surface area (Å²) in [5.74, 6) is 1.02. The van der Waals surface area contributed by atoms with Gasteiger partial charge in [-0.2, -0.15) is 0 Å². The van der Waals surface area contributed by atoms with Crippen molar-refractivity contribution in [2.75, 3.05) is 38.2 Å². The predicted octanol–water partition coefficient (Wildman–Crippen LogP) is 3.47. The van der Waals surface area contributed by atoms with Crippen molar-refractivity contribution in [3.63, 3.8) is 0 Å². The van der Waals surface area contributed by atoms with Gasteiger partial charge in [-0.05, 0) is 49.9 Å². The van der Waals surface area contributed by atoms with E-state index < -0.39 is 10.0 Å². The molecule has 1 amide bonds. The molecule has 1 heterocycles. The summed E-state index contributed by atoms with van der Waals surface area (Å²) in [5.41, 5.74) is 1.24. The minimum absolute atomic E-state index is 0.121. The number of carbonyl (C=O) groups is 1. The van der Waals surface area contributed by atoms with E-state index in [4.69, 9.17) is 9.47 Å². The molecule has 0 aromatic heterocycles. The van der Waals surface area contributed by atoms with Gasteiger partial charge in [-0.25, -0.2) is 8.42 Å². The fourth-order valence-electron chi connectivity index (χ4n) is 3.77. The average molecular weight is 447 g/mol. The molecule has 1 fully saturated rings. The maximum absolute atomic E-state index is 13.6. The second-order valence-corrected chi connectivity index (χ2v) is 9.81. The Kier molecular flexibility index (Phi) is 7.10. The third-order valence-electron chi connectivity index (χ3n) is 5.55. The van der Waals surface area contributed by atoms with Crippen molar-refractivity contribution in [2.45, 2.75) is 31.6 Å². The molecule has 8 heteroatoms. The summed E-state index contributed by atoms with van der Waals surface area (Å²) >= 11 is 0. The van der Waals surface area contributed by atoms with Crippen molar-refractivity contribution in [1.29, 1.82) is 0 Å². The zero-order valence-electron chi connectivity index (χ0n) is 18.5. The molecule has 0 N–H and O–H groups in total. The van der Waals surface area contributed by atoms with Gasteiger partial charge < -0.3 is 14.4 Å². The van der Waals surface area contributed by atoms with Gasteiger partial charge in [-0.3, -0.25) is 9.10 Å². The maximum atomic E-state index is 13.6. The SMILES string of the molecule is COc1ccc(N(CC(=O)N2CCC[C@@H](C)C2)S(=O)(=O)c2ccc(C)cc2)c(OC)c1. The first-order valence-corrected chi connectivity index (χ1v) is 11.8. The highest BCUT2D eigenvalue weighted by Gasteiger charge is 2.32. The van der Waals surface area contributed by atoms with Crippen LogP contribution in [0.15, 0.2) is 47.4 Å². The normalized spacial score (nSPS) is 16.6. The Hall–Kier alpha value is -2.74. The molecule has 0 aliphatic carbocycles. The highest BCUT2D eigenvalue weighted by atomic mass is 32.2. The number of methoxy groups -OCH3 is 2. The van der Waals surface area contributed by atoms with Crippen molar-refractivity contribution in [3.05, 3.63) is 48.0 Å². The smallest absolute Gasteiger partial charge is 0.264 e. The Labute approximate surface area is 184 Å². The number of ether oxygens (including phenoxy) is 2. The van der Waals surface area contributed by atoms with Crippen molar-refractivity contribution in [2.24, 2.45) is 5.92 Å². The van der Waals surface area contributed by atoms with Crippen LogP contribution in [0.4, 0.5) is 5.69 Å². The summed E-state index contributed by atoms with van der Waals surface area (Å²) in [6.45, 7) is 4.97. The average Bonchev–Trinajstić information content (AvgIpc) is 2.77. The number of hydrogen-bond acceptors (Lipinski definition) is 5. The van der Waals surface area contributed by atoms with Gasteiger partial charge in [0.15, 0.2) is 0 Å². The monoisotopic (exact) mass is 446 g/mol. The Balaban J connectivity index is 2.03. The van der Waals surface area contributed by atoms with Crippen LogP contribution in [-0.2, 0) is 14.8 Å². The van der Waals surface area contributed by atoms with E-state index >= 15 is 0 Å². The van der Waals surface area contributed by atoms with Crippen LogP contribution in [0.5, 0.6) is 11.5 Å². The van der Waals surface area contributed by atoms with Crippen LogP contribution in [0.1, 0.15) is 25.3 Å². The van der Waals surface area contributed by atoms with Gasteiger partial charge >= 0.3 is 0 Å². The summed E-state index contributed by atoms with van der Waals surface area (Å²) in [6, 6.07) is 11.5. The Morgan fingerprint density at radius 1 is 1.13 bits per heavy atom. The molecule has 0 spiro atoms. The van der Waals surface area contributed by atoms with Crippen molar-refractivity contribution < 1.29 is 22.7 Å². The van der Waals surface area contributed by atoms with Crippen LogP contribution in [0.25, 0.3) is 0 Å². The largest absolute Gasteiger partial charge is 0.497 e. The van der Waals surface area contributed by atoms with E-state index in [1.54, 1.807) is 47.4 Å². The lowest BCUT2D eigenvalue weighted by Crippen LogP contribution is -2.46. The topological polar surface area (TPSA) is 76.2 Å². The number of piperidine rings is 1. The molecule has 3 rings (SSSR count). The van der Waals surface area contributed by atoms with Crippen LogP contribution >= 0.6 is 0 Å². The first kappa shape index (κ1) is 22.9. The third-order valence-corrected chi connectivity index (χ3v) is 7.33. The minimum Gasteiger partial charge on any atom is -0.497 e. The number of anilines is 1. The molecular formula is C23H30N2O5S. The van der Waals surface area contributed by atoms with Crippen molar-refractivity contribution >= 4 is 21.6 Å². The molecule has 2 aromatic rings. The third kappa shape index (κ3) is 5.12. The summed E-state index contributed by atoms with van der Waals surface area (Å²) in [4.78, 5) is 15.0. The number of hydrogen-bond donors (Lipinski definition) is 0. The Morgan fingerprint density at radius 3 is 2.45 bits per heavy atom. The van der Waals surface area contributed by atoms with E-state index in [1.165, 1.54) is 14.2 Å². The highest BCUT2D eigenvalue weighted by molar-refractivity contribution is 7.92. The molecule has 7 nitrogen and oxygen atoms in total. The van der Waals surface area contributed by atoms with Gasteiger partial charge in [0.05, 0.1) is 24.8 Å². The molecule has 1 aliphatic rings. The Bertz CT molecular complexity index is 1020. The Morgan fingerprint density at radius 2 is 1.84 bits per heavy atom. The molecule has 1 aliphatic heterocycles. The number of amides is 1. The van der Waals surface area contributed by atoms with Gasteiger partial charge in [-0.15, -0.1) is 0 Å². The quantitative estimate of drug-likeness (QED) is 0.651. The second kappa shape index (κ2) is 9.60. The number of rotatable bonds is 7. The summed E-state index contributed by atoms with van der Waals surface area (Å²) < 4.78 is 39.1. The van der Waals surface area contributed by atoms with E-state index in [0.29, 0.717) is 36.2 Å². The number of sulfonamides is 1. The number of nitrogens with zero attached hydrogens (tertiary/aromatic N) is 2. The molecule has 2 aromatic carbocycles. The van der Waals surface area contributed by atoms with Gasteiger partial charge in [0, 0.05) is 19.2 Å². The van der Waals surface area contributed by atoms with Gasteiger partial charge in [0.2, 0.25) is 5.91 Å². The zero-order chi connectivity index (χ0) is 22.6. The van der Waals surface area contributed by atoms with Crippen LogP contribution < -0.4 is 13.8 Å². The molecular weight excluding hydrogens is 416 g/mol. The van der Waals surface area contributed by atoms with E-state index in [2.05, 4.69) is 6.92 Å². The lowest BCUT2D eigenvalue weighted by molar-refractivity contribution is -0.131. The van der Waals surface area contributed by atoms with Crippen molar-refractivity contribution in [1.82, 2.24) is 4.90 Å². The summed E-state index contributed by atoms with van der Waals surface area (Å²) in [7, 11) is -1.02. The zero-order valence-corrected chi connectivity index (χ0v) is 19.3. The van der Waals surface area contributed by atoms with E-state index in [0.717, 1.165) is 22.7 Å². The van der Waals surface area contributed by atoms with E-state index in [-0.39, 0.29) is 17.3 Å². The standard InChI is InChI=1S/C23H30N2O5S/c1-17-7-10-20(11-8-17)31(27,28)25(16-23(26)24-13-5-6-18(2)15-24)21-12-9-19(29-3)14-22(21)30-4/h7-12,14,18H,5-6,13,15-16H2,1-4H3/t18-/m1/s1. The van der Waals surface area contributed by atoms with Crippen LogP contribution in [0.3, 0.4) is 0 Å². The molecule has 0 radical (unpaired) electrons. The van der Waals surface area contributed by atoms with E-state index in [1.807, 2.05) is 6.92 Å². The van der Waals surface area contributed by atoms with Crippen LogP contribution in [0, 0.1) is 12.8 Å². The number of likely N-dealkylation sites (tertiary alicyclic amines) is 1. The van der Waals surface area contributed by atoms with Crippen molar-refractivity contribution in [3.8, 4) is 11.5 Å². The first-order chi connectivity index (χ1) is 14.8. The summed E-state index contributed by atoms with van der Waals surface area (Å²) in [5, 5.41) is 0. The van der Waals surface area contributed by atoms with E-state index in [9.17, 15) is 13.2 Å². The molecule has 1 atom stereocenters. The first-order valence-electron chi connectivity index (χ1n) is 10.4. The maximum Gasteiger partial charge on any atom is 0.264 e. The van der Waals surface area contributed by atoms with Crippen LogP contribution in [0.2, 0.25) is 0 Å². The second-order valence-electron chi connectivity index (χ2n) is 7.95. The molecule has 0 unspecified atom stereocenters. The van der Waals surface area contributed by atoms with Crippen LogP contribution in [-0.4, -0.2) is 53.1 Å². The lowest BCUT2D eigenvalue weighted by atomic mass is 10.0. The fraction of sp³-hybridized carbons (Fsp3) is 0.435. The molecule has 168 valence electrons. The minimum atomic E-state index is -4.01. The molecule has 0 bridgehead atoms. The number of benzene rings is 2. The molecule has 1 saturated heterocycles.